The summed E-state index contributed by atoms with van der Waals surface area (Å²) in [6, 6.07) is 0. The van der Waals surface area contributed by atoms with Crippen molar-refractivity contribution in [3.63, 3.8) is 0 Å². The molecule has 0 bridgehead atoms. The van der Waals surface area contributed by atoms with Crippen LogP contribution in [0, 0.1) is 10.8 Å². The molecular weight excluding hydrogens is 214 g/mol. The highest BCUT2D eigenvalue weighted by atomic mass is 15.3. The van der Waals surface area contributed by atoms with Gasteiger partial charge in [0.05, 0.1) is 5.84 Å². The Hall–Kier alpha value is -1.39. The number of hydrogen-bond acceptors (Lipinski definition) is 3. The second kappa shape index (κ2) is 4.47. The van der Waals surface area contributed by atoms with Crippen molar-refractivity contribution < 1.29 is 0 Å². The van der Waals surface area contributed by atoms with E-state index in [2.05, 4.69) is 24.0 Å². The molecule has 5 nitrogen and oxygen atoms in total. The Balaban J connectivity index is 2.75. The lowest BCUT2D eigenvalue weighted by Crippen LogP contribution is -2.33. The van der Waals surface area contributed by atoms with Crippen molar-refractivity contribution in [3.05, 3.63) is 12.2 Å². The fourth-order valence-corrected chi connectivity index (χ4v) is 1.77. The van der Waals surface area contributed by atoms with Gasteiger partial charge in [-0.2, -0.15) is 0 Å². The summed E-state index contributed by atoms with van der Waals surface area (Å²) in [4.78, 5) is 0. The first kappa shape index (κ1) is 13.7. The third-order valence-corrected chi connectivity index (χ3v) is 3.42. The van der Waals surface area contributed by atoms with Gasteiger partial charge in [0.25, 0.3) is 0 Å². The van der Waals surface area contributed by atoms with Gasteiger partial charge in [0.1, 0.15) is 12.2 Å². The Kier molecular flexibility index (Phi) is 3.59. The van der Waals surface area contributed by atoms with E-state index < -0.39 is 0 Å². The van der Waals surface area contributed by atoms with Gasteiger partial charge in [-0.05, 0) is 12.8 Å². The van der Waals surface area contributed by atoms with Gasteiger partial charge in [-0.25, -0.2) is 0 Å². The lowest BCUT2D eigenvalue weighted by molar-refractivity contribution is 0.350. The summed E-state index contributed by atoms with van der Waals surface area (Å²) in [6.07, 6.45) is 3.50. The van der Waals surface area contributed by atoms with Gasteiger partial charge in [0.15, 0.2) is 0 Å². The third-order valence-electron chi connectivity index (χ3n) is 3.42. The molecular formula is C12H23N5. The molecule has 1 aromatic heterocycles. The average molecular weight is 237 g/mol. The Labute approximate surface area is 103 Å². The van der Waals surface area contributed by atoms with E-state index in [0.717, 1.165) is 18.7 Å². The van der Waals surface area contributed by atoms with Crippen molar-refractivity contribution in [1.82, 2.24) is 14.8 Å². The van der Waals surface area contributed by atoms with Crippen molar-refractivity contribution in [1.29, 1.82) is 5.41 Å². The SMILES string of the molecule is Cn1cnnc1C(C)(C)CCC(C)(C)C(=N)N. The van der Waals surface area contributed by atoms with Crippen LogP contribution in [0.5, 0.6) is 0 Å². The van der Waals surface area contributed by atoms with Crippen LogP contribution in [0.1, 0.15) is 46.4 Å². The Morgan fingerprint density at radius 3 is 2.35 bits per heavy atom. The first-order valence-corrected chi connectivity index (χ1v) is 5.86. The Morgan fingerprint density at radius 2 is 1.94 bits per heavy atom. The summed E-state index contributed by atoms with van der Waals surface area (Å²) in [5.74, 6) is 1.21. The fourth-order valence-electron chi connectivity index (χ4n) is 1.77. The predicted octanol–water partition coefficient (Wildman–Crippen LogP) is 1.84. The Morgan fingerprint density at radius 1 is 1.35 bits per heavy atom. The standard InChI is InChI=1S/C12H23N5/c1-11(2,9(13)14)6-7-12(3,4)10-16-15-8-17(10)5/h8H,6-7H2,1-5H3,(H3,13,14). The van der Waals surface area contributed by atoms with E-state index in [-0.39, 0.29) is 16.7 Å². The van der Waals surface area contributed by atoms with Crippen molar-refractivity contribution in [2.75, 3.05) is 0 Å². The zero-order valence-electron chi connectivity index (χ0n) is 11.4. The molecule has 1 heterocycles. The number of nitrogens with zero attached hydrogens (tertiary/aromatic N) is 3. The van der Waals surface area contributed by atoms with Crippen LogP contribution in [0.3, 0.4) is 0 Å². The summed E-state index contributed by atoms with van der Waals surface area (Å²) in [5.41, 5.74) is 5.29. The normalized spacial score (nSPS) is 12.8. The fraction of sp³-hybridized carbons (Fsp3) is 0.750. The molecule has 3 N–H and O–H groups in total. The van der Waals surface area contributed by atoms with Gasteiger partial charge in [-0.15, -0.1) is 10.2 Å². The van der Waals surface area contributed by atoms with Crippen LogP contribution in [0.25, 0.3) is 0 Å². The molecule has 5 heteroatoms. The lowest BCUT2D eigenvalue weighted by Gasteiger charge is -2.29. The number of nitrogens with one attached hydrogen (secondary N) is 1. The van der Waals surface area contributed by atoms with Crippen LogP contribution >= 0.6 is 0 Å². The highest BCUT2D eigenvalue weighted by Crippen LogP contribution is 2.32. The molecule has 0 amide bonds. The smallest absolute Gasteiger partial charge is 0.138 e. The summed E-state index contributed by atoms with van der Waals surface area (Å²) in [7, 11) is 1.95. The van der Waals surface area contributed by atoms with Crippen LogP contribution < -0.4 is 5.73 Å². The topological polar surface area (TPSA) is 80.6 Å². The second-order valence-corrected chi connectivity index (χ2v) is 5.95. The Bertz CT molecular complexity index is 403. The van der Waals surface area contributed by atoms with Gasteiger partial charge in [-0.3, -0.25) is 5.41 Å². The molecule has 0 saturated heterocycles. The number of amidine groups is 1. The average Bonchev–Trinajstić information content (AvgIpc) is 2.62. The maximum absolute atomic E-state index is 7.57. The zero-order valence-corrected chi connectivity index (χ0v) is 11.4. The van der Waals surface area contributed by atoms with E-state index in [1.165, 1.54) is 0 Å². The molecule has 0 aliphatic heterocycles. The van der Waals surface area contributed by atoms with Crippen LogP contribution in [0.2, 0.25) is 0 Å². The van der Waals surface area contributed by atoms with E-state index in [4.69, 9.17) is 11.1 Å². The van der Waals surface area contributed by atoms with Gasteiger partial charge in [0, 0.05) is 17.9 Å². The largest absolute Gasteiger partial charge is 0.387 e. The van der Waals surface area contributed by atoms with Crippen LogP contribution in [-0.4, -0.2) is 20.6 Å². The summed E-state index contributed by atoms with van der Waals surface area (Å²) in [6.45, 7) is 8.30. The maximum Gasteiger partial charge on any atom is 0.138 e. The molecule has 0 aliphatic rings. The van der Waals surface area contributed by atoms with Crippen LogP contribution in [0.4, 0.5) is 0 Å². The molecule has 17 heavy (non-hydrogen) atoms. The zero-order chi connectivity index (χ0) is 13.3. The van der Waals surface area contributed by atoms with E-state index >= 15 is 0 Å². The van der Waals surface area contributed by atoms with Gasteiger partial charge in [-0.1, -0.05) is 27.7 Å². The van der Waals surface area contributed by atoms with Crippen LogP contribution in [-0.2, 0) is 12.5 Å². The van der Waals surface area contributed by atoms with Crippen molar-refractivity contribution in [2.24, 2.45) is 18.2 Å². The summed E-state index contributed by atoms with van der Waals surface area (Å²) < 4.78 is 1.95. The summed E-state index contributed by atoms with van der Waals surface area (Å²) in [5, 5.41) is 15.6. The molecule has 0 unspecified atom stereocenters. The van der Waals surface area contributed by atoms with E-state index in [1.54, 1.807) is 6.33 Å². The highest BCUT2D eigenvalue weighted by Gasteiger charge is 2.30. The maximum atomic E-state index is 7.57. The van der Waals surface area contributed by atoms with Crippen molar-refractivity contribution >= 4 is 5.84 Å². The molecule has 0 radical (unpaired) electrons. The number of hydrogen-bond donors (Lipinski definition) is 2. The van der Waals surface area contributed by atoms with Gasteiger partial charge >= 0.3 is 0 Å². The van der Waals surface area contributed by atoms with Crippen molar-refractivity contribution in [3.8, 4) is 0 Å². The molecule has 0 saturated carbocycles. The lowest BCUT2D eigenvalue weighted by atomic mass is 9.78. The number of rotatable bonds is 5. The molecule has 1 aromatic rings. The van der Waals surface area contributed by atoms with Gasteiger partial charge in [0.2, 0.25) is 0 Å². The third kappa shape index (κ3) is 3.05. The summed E-state index contributed by atoms with van der Waals surface area (Å²) >= 11 is 0. The van der Waals surface area contributed by atoms with E-state index in [9.17, 15) is 0 Å². The highest BCUT2D eigenvalue weighted by molar-refractivity contribution is 5.82. The van der Waals surface area contributed by atoms with Crippen molar-refractivity contribution in [2.45, 2.75) is 46.0 Å². The molecule has 0 aromatic carbocycles. The monoisotopic (exact) mass is 237 g/mol. The molecule has 0 spiro atoms. The minimum Gasteiger partial charge on any atom is -0.387 e. The first-order valence-electron chi connectivity index (χ1n) is 5.86. The van der Waals surface area contributed by atoms with E-state index in [0.29, 0.717) is 0 Å². The molecule has 96 valence electrons. The molecule has 0 aliphatic carbocycles. The minimum absolute atomic E-state index is 0.0576. The number of nitrogens with two attached hydrogens (primary N) is 1. The molecule has 0 fully saturated rings. The number of aryl methyl sites for hydroxylation is 1. The number of aromatic nitrogens is 3. The van der Waals surface area contributed by atoms with Crippen LogP contribution in [0.15, 0.2) is 6.33 Å². The predicted molar refractivity (Wildman–Crippen MR) is 69.0 cm³/mol. The second-order valence-electron chi connectivity index (χ2n) is 5.95. The molecule has 1 rings (SSSR count). The molecule has 0 atom stereocenters. The quantitative estimate of drug-likeness (QED) is 0.605. The van der Waals surface area contributed by atoms with E-state index in [1.807, 2.05) is 25.5 Å². The van der Waals surface area contributed by atoms with Gasteiger partial charge < -0.3 is 10.3 Å². The minimum atomic E-state index is -0.254. The first-order chi connectivity index (χ1) is 7.67.